The van der Waals surface area contributed by atoms with E-state index in [9.17, 15) is 14.7 Å². The van der Waals surface area contributed by atoms with Gasteiger partial charge in [0.1, 0.15) is 0 Å². The van der Waals surface area contributed by atoms with Crippen molar-refractivity contribution < 1.29 is 14.7 Å². The minimum absolute atomic E-state index is 0.0454. The Morgan fingerprint density at radius 3 is 2.21 bits per heavy atom. The van der Waals surface area contributed by atoms with Crippen LogP contribution in [0.4, 0.5) is 0 Å². The van der Waals surface area contributed by atoms with Gasteiger partial charge in [0.25, 0.3) is 0 Å². The molecule has 0 aromatic carbocycles. The third-order valence-electron chi connectivity index (χ3n) is 5.07. The molecule has 19 heavy (non-hydrogen) atoms. The standard InChI is InChI=1S/C14H24N2O3/c1-2-13(6-8-15-9-7-13)11(17)16-10-14(12(18)19)4-3-5-14/h15H,2-10H2,1H3,(H,16,17)(H,18,19). The van der Waals surface area contributed by atoms with Gasteiger partial charge >= 0.3 is 5.97 Å². The van der Waals surface area contributed by atoms with E-state index >= 15 is 0 Å². The van der Waals surface area contributed by atoms with Crippen molar-refractivity contribution in [2.24, 2.45) is 10.8 Å². The Labute approximate surface area is 114 Å². The van der Waals surface area contributed by atoms with Gasteiger partial charge in [-0.15, -0.1) is 0 Å². The zero-order chi connectivity index (χ0) is 13.9. The molecule has 5 heteroatoms. The summed E-state index contributed by atoms with van der Waals surface area (Å²) < 4.78 is 0. The van der Waals surface area contributed by atoms with E-state index in [0.29, 0.717) is 12.8 Å². The second-order valence-electron chi connectivity index (χ2n) is 6.01. The van der Waals surface area contributed by atoms with Gasteiger partial charge < -0.3 is 15.7 Å². The summed E-state index contributed by atoms with van der Waals surface area (Å²) in [5.74, 6) is -0.723. The molecule has 0 bridgehead atoms. The normalized spacial score (nSPS) is 24.3. The van der Waals surface area contributed by atoms with E-state index in [1.807, 2.05) is 6.92 Å². The van der Waals surface area contributed by atoms with E-state index in [1.165, 1.54) is 0 Å². The fourth-order valence-corrected chi connectivity index (χ4v) is 3.15. The molecular weight excluding hydrogens is 244 g/mol. The highest BCUT2D eigenvalue weighted by Crippen LogP contribution is 2.41. The summed E-state index contributed by atoms with van der Waals surface area (Å²) >= 11 is 0. The number of amides is 1. The second-order valence-corrected chi connectivity index (χ2v) is 6.01. The maximum absolute atomic E-state index is 12.4. The second kappa shape index (κ2) is 5.49. The smallest absolute Gasteiger partial charge is 0.311 e. The van der Waals surface area contributed by atoms with Crippen molar-refractivity contribution in [3.63, 3.8) is 0 Å². The van der Waals surface area contributed by atoms with Crippen molar-refractivity contribution in [3.8, 4) is 0 Å². The first-order chi connectivity index (χ1) is 9.05. The van der Waals surface area contributed by atoms with Crippen molar-refractivity contribution >= 4 is 11.9 Å². The third kappa shape index (κ3) is 2.61. The first kappa shape index (κ1) is 14.3. The van der Waals surface area contributed by atoms with E-state index in [1.54, 1.807) is 0 Å². The molecule has 0 unspecified atom stereocenters. The molecule has 1 aliphatic carbocycles. The van der Waals surface area contributed by atoms with Crippen molar-refractivity contribution in [2.45, 2.75) is 45.4 Å². The van der Waals surface area contributed by atoms with Crippen LogP contribution in [-0.4, -0.2) is 36.6 Å². The molecule has 0 spiro atoms. The first-order valence-electron chi connectivity index (χ1n) is 7.27. The number of piperidine rings is 1. The summed E-state index contributed by atoms with van der Waals surface area (Å²) in [7, 11) is 0. The van der Waals surface area contributed by atoms with Crippen molar-refractivity contribution in [1.29, 1.82) is 0 Å². The van der Waals surface area contributed by atoms with Crippen molar-refractivity contribution in [2.75, 3.05) is 19.6 Å². The lowest BCUT2D eigenvalue weighted by Crippen LogP contribution is -2.53. The quantitative estimate of drug-likeness (QED) is 0.698. The number of hydrogen-bond donors (Lipinski definition) is 3. The molecule has 0 radical (unpaired) electrons. The fourth-order valence-electron chi connectivity index (χ4n) is 3.15. The van der Waals surface area contributed by atoms with E-state index in [2.05, 4.69) is 10.6 Å². The first-order valence-corrected chi connectivity index (χ1v) is 7.27. The van der Waals surface area contributed by atoms with Crippen LogP contribution in [0.15, 0.2) is 0 Å². The molecule has 1 saturated heterocycles. The molecule has 108 valence electrons. The number of carbonyl (C=O) groups excluding carboxylic acids is 1. The number of nitrogens with one attached hydrogen (secondary N) is 2. The van der Waals surface area contributed by atoms with Crippen LogP contribution in [0.2, 0.25) is 0 Å². The van der Waals surface area contributed by atoms with Crippen LogP contribution in [0, 0.1) is 10.8 Å². The molecule has 0 aromatic heterocycles. The van der Waals surface area contributed by atoms with Crippen LogP contribution < -0.4 is 10.6 Å². The lowest BCUT2D eigenvalue weighted by molar-refractivity contribution is -0.154. The van der Waals surface area contributed by atoms with Gasteiger partial charge in [0.15, 0.2) is 0 Å². The Morgan fingerprint density at radius 2 is 1.79 bits per heavy atom. The van der Waals surface area contributed by atoms with Crippen molar-refractivity contribution in [1.82, 2.24) is 10.6 Å². The Hall–Kier alpha value is -1.10. The lowest BCUT2D eigenvalue weighted by atomic mass is 9.68. The van der Waals surface area contributed by atoms with Gasteiger partial charge in [-0.2, -0.15) is 0 Å². The molecule has 0 aromatic rings. The van der Waals surface area contributed by atoms with E-state index in [-0.39, 0.29) is 17.9 Å². The molecule has 1 amide bonds. The van der Waals surface area contributed by atoms with Crippen LogP contribution in [0.3, 0.4) is 0 Å². The Morgan fingerprint density at radius 1 is 1.16 bits per heavy atom. The largest absolute Gasteiger partial charge is 0.481 e. The predicted molar refractivity (Wildman–Crippen MR) is 71.8 cm³/mol. The van der Waals surface area contributed by atoms with E-state index in [4.69, 9.17) is 0 Å². The Bertz CT molecular complexity index is 358. The van der Waals surface area contributed by atoms with Gasteiger partial charge in [-0.1, -0.05) is 13.3 Å². The summed E-state index contributed by atoms with van der Waals surface area (Å²) in [6.45, 7) is 4.06. The maximum Gasteiger partial charge on any atom is 0.311 e. The average molecular weight is 268 g/mol. The van der Waals surface area contributed by atoms with Gasteiger partial charge in [0.2, 0.25) is 5.91 Å². The molecule has 1 aliphatic heterocycles. The number of carboxylic acid groups (broad SMARTS) is 1. The fraction of sp³-hybridized carbons (Fsp3) is 0.857. The summed E-state index contributed by atoms with van der Waals surface area (Å²) in [5, 5.41) is 15.5. The van der Waals surface area contributed by atoms with Crippen LogP contribution in [-0.2, 0) is 9.59 Å². The average Bonchev–Trinajstić information content (AvgIpc) is 2.37. The molecule has 0 atom stereocenters. The maximum atomic E-state index is 12.4. The third-order valence-corrected chi connectivity index (χ3v) is 5.07. The van der Waals surface area contributed by atoms with Gasteiger partial charge in [-0.3, -0.25) is 9.59 Å². The highest BCUT2D eigenvalue weighted by atomic mass is 16.4. The van der Waals surface area contributed by atoms with E-state index in [0.717, 1.165) is 38.8 Å². The number of carbonyl (C=O) groups is 2. The van der Waals surface area contributed by atoms with Gasteiger partial charge in [-0.05, 0) is 45.2 Å². The highest BCUT2D eigenvalue weighted by Gasteiger charge is 2.46. The van der Waals surface area contributed by atoms with Gasteiger partial charge in [0.05, 0.1) is 10.8 Å². The zero-order valence-electron chi connectivity index (χ0n) is 11.6. The van der Waals surface area contributed by atoms with Crippen LogP contribution in [0.25, 0.3) is 0 Å². The molecule has 2 rings (SSSR count). The molecule has 2 fully saturated rings. The topological polar surface area (TPSA) is 78.4 Å². The van der Waals surface area contributed by atoms with Gasteiger partial charge in [-0.25, -0.2) is 0 Å². The Balaban J connectivity index is 1.94. The van der Waals surface area contributed by atoms with Crippen LogP contribution in [0.1, 0.15) is 45.4 Å². The molecule has 3 N–H and O–H groups in total. The SMILES string of the molecule is CCC1(C(=O)NCC2(C(=O)O)CCC2)CCNCC1. The molecule has 2 aliphatic rings. The zero-order valence-corrected chi connectivity index (χ0v) is 11.6. The number of hydrogen-bond acceptors (Lipinski definition) is 3. The summed E-state index contributed by atoms with van der Waals surface area (Å²) in [6, 6.07) is 0. The summed E-state index contributed by atoms with van der Waals surface area (Å²) in [6.07, 6.45) is 4.82. The summed E-state index contributed by atoms with van der Waals surface area (Å²) in [5.41, 5.74) is -0.994. The number of carboxylic acids is 1. The molecule has 1 heterocycles. The monoisotopic (exact) mass is 268 g/mol. The highest BCUT2D eigenvalue weighted by molar-refractivity contribution is 5.84. The van der Waals surface area contributed by atoms with Crippen LogP contribution in [0.5, 0.6) is 0 Å². The van der Waals surface area contributed by atoms with Crippen LogP contribution >= 0.6 is 0 Å². The number of aliphatic carboxylic acids is 1. The molecule has 5 nitrogen and oxygen atoms in total. The lowest BCUT2D eigenvalue weighted by Gasteiger charge is -2.40. The molecular formula is C14H24N2O3. The van der Waals surface area contributed by atoms with E-state index < -0.39 is 11.4 Å². The van der Waals surface area contributed by atoms with Crippen molar-refractivity contribution in [3.05, 3.63) is 0 Å². The summed E-state index contributed by atoms with van der Waals surface area (Å²) in [4.78, 5) is 23.7. The minimum Gasteiger partial charge on any atom is -0.481 e. The Kier molecular flexibility index (Phi) is 4.13. The van der Waals surface area contributed by atoms with Gasteiger partial charge in [0, 0.05) is 6.54 Å². The predicted octanol–water partition coefficient (Wildman–Crippen LogP) is 1.14. The molecule has 1 saturated carbocycles. The number of rotatable bonds is 5. The minimum atomic E-state index is -0.769.